The highest BCUT2D eigenvalue weighted by Gasteiger charge is 2.25. The summed E-state index contributed by atoms with van der Waals surface area (Å²) in [4.78, 5) is 8.98. The van der Waals surface area contributed by atoms with E-state index in [0.717, 1.165) is 78.0 Å². The third kappa shape index (κ3) is 3.47. The Hall–Kier alpha value is -3.79. The molecule has 1 saturated heterocycles. The second-order valence-corrected chi connectivity index (χ2v) is 9.90. The average molecular weight is 484 g/mol. The fraction of sp³-hybridized carbons (Fsp3) is 0.423. The molecule has 1 aromatic carbocycles. The lowest BCUT2D eigenvalue weighted by molar-refractivity contribution is 0.0706. The van der Waals surface area contributed by atoms with Crippen molar-refractivity contribution in [1.82, 2.24) is 39.1 Å². The molecule has 2 N–H and O–H groups in total. The lowest BCUT2D eigenvalue weighted by Gasteiger charge is -2.24. The first-order valence-corrected chi connectivity index (χ1v) is 12.9. The molecule has 1 aliphatic heterocycles. The van der Waals surface area contributed by atoms with Gasteiger partial charge in [0.2, 0.25) is 0 Å². The Balaban J connectivity index is 1.38. The number of nitrogens with two attached hydrogens (primary N) is 1. The zero-order valence-corrected chi connectivity index (χ0v) is 20.1. The van der Waals surface area contributed by atoms with Gasteiger partial charge < -0.3 is 15.0 Å². The first-order valence-electron chi connectivity index (χ1n) is 12.9. The smallest absolute Gasteiger partial charge is 0.152 e. The predicted octanol–water partition coefficient (Wildman–Crippen LogP) is 4.44. The van der Waals surface area contributed by atoms with Crippen LogP contribution in [0.15, 0.2) is 43.1 Å². The van der Waals surface area contributed by atoms with Gasteiger partial charge in [-0.05, 0) is 43.9 Å². The molecule has 0 bridgehead atoms. The van der Waals surface area contributed by atoms with E-state index in [1.165, 1.54) is 25.6 Å². The van der Waals surface area contributed by atoms with E-state index in [9.17, 15) is 0 Å². The van der Waals surface area contributed by atoms with Crippen molar-refractivity contribution in [3.05, 3.63) is 43.1 Å². The quantitative estimate of drug-likeness (QED) is 0.402. The Bertz CT molecular complexity index is 1540. The average Bonchev–Trinajstić information content (AvgIpc) is 3.66. The van der Waals surface area contributed by atoms with E-state index in [-0.39, 0.29) is 0 Å². The molecule has 0 unspecified atom stereocenters. The molecular formula is C26H29N9O. The summed E-state index contributed by atoms with van der Waals surface area (Å²) < 4.78 is 11.8. The fourth-order valence-electron chi connectivity index (χ4n) is 5.94. The van der Waals surface area contributed by atoms with Gasteiger partial charge in [-0.1, -0.05) is 30.5 Å². The Morgan fingerprint density at radius 2 is 1.78 bits per heavy atom. The van der Waals surface area contributed by atoms with Crippen LogP contribution in [0.3, 0.4) is 0 Å². The van der Waals surface area contributed by atoms with Crippen LogP contribution < -0.4 is 5.73 Å². The van der Waals surface area contributed by atoms with Crippen LogP contribution in [-0.4, -0.2) is 52.4 Å². The van der Waals surface area contributed by atoms with Crippen molar-refractivity contribution in [2.24, 2.45) is 0 Å². The number of hydrogen-bond donors (Lipinski definition) is 1. The molecule has 0 amide bonds. The number of rotatable bonds is 4. The molecule has 5 heterocycles. The number of nitrogens with zero attached hydrogens (tertiary/aromatic N) is 8. The van der Waals surface area contributed by atoms with Crippen LogP contribution in [0.1, 0.15) is 57.0 Å². The minimum atomic E-state index is 0.352. The van der Waals surface area contributed by atoms with Crippen LogP contribution in [-0.2, 0) is 4.74 Å². The molecule has 36 heavy (non-hydrogen) atoms. The number of imidazole rings is 1. The first kappa shape index (κ1) is 21.5. The van der Waals surface area contributed by atoms with Crippen molar-refractivity contribution in [3.8, 4) is 22.5 Å². The molecule has 184 valence electrons. The van der Waals surface area contributed by atoms with E-state index >= 15 is 0 Å². The minimum Gasteiger partial charge on any atom is -0.382 e. The number of benzene rings is 1. The third-order valence-electron chi connectivity index (χ3n) is 7.81. The number of anilines is 1. The monoisotopic (exact) mass is 483 g/mol. The molecule has 10 nitrogen and oxygen atoms in total. The van der Waals surface area contributed by atoms with E-state index < -0.39 is 0 Å². The van der Waals surface area contributed by atoms with Gasteiger partial charge in [-0.2, -0.15) is 5.10 Å². The summed E-state index contributed by atoms with van der Waals surface area (Å²) in [5.74, 6) is 0.441. The number of fused-ring (bicyclic) bond motifs is 2. The summed E-state index contributed by atoms with van der Waals surface area (Å²) in [7, 11) is 0. The van der Waals surface area contributed by atoms with Crippen molar-refractivity contribution in [1.29, 1.82) is 0 Å². The molecule has 1 saturated carbocycles. The molecule has 7 rings (SSSR count). The van der Waals surface area contributed by atoms with Crippen LogP contribution in [0.4, 0.5) is 5.82 Å². The van der Waals surface area contributed by atoms with E-state index in [4.69, 9.17) is 10.5 Å². The van der Waals surface area contributed by atoms with Gasteiger partial charge in [0.15, 0.2) is 5.82 Å². The zero-order valence-electron chi connectivity index (χ0n) is 20.1. The Morgan fingerprint density at radius 3 is 2.64 bits per heavy atom. The standard InChI is InChI=1S/C26H29N9O/c27-26-25-20(24-14-30-32-34(24)19-4-2-1-3-5-19)13-22(35(25)31-15-28-26)17-6-7-21-23(12-17)33(16-29-21)18-8-10-36-11-9-18/h6-7,12-16,18-19H,1-5,8-11H2,(H2,27,28,31). The summed E-state index contributed by atoms with van der Waals surface area (Å²) >= 11 is 0. The molecule has 0 radical (unpaired) electrons. The first-order chi connectivity index (χ1) is 17.8. The summed E-state index contributed by atoms with van der Waals surface area (Å²) in [6, 6.07) is 9.29. The van der Waals surface area contributed by atoms with Crippen LogP contribution in [0.2, 0.25) is 0 Å². The lowest BCUT2D eigenvalue weighted by Crippen LogP contribution is -2.18. The normalized spacial score (nSPS) is 17.9. The van der Waals surface area contributed by atoms with Gasteiger partial charge in [0, 0.05) is 30.4 Å². The molecular weight excluding hydrogens is 454 g/mol. The molecule has 0 atom stereocenters. The maximum absolute atomic E-state index is 6.43. The van der Waals surface area contributed by atoms with Gasteiger partial charge in [-0.15, -0.1) is 5.10 Å². The molecule has 5 aromatic rings. The maximum Gasteiger partial charge on any atom is 0.152 e. The largest absolute Gasteiger partial charge is 0.382 e. The van der Waals surface area contributed by atoms with Crippen molar-refractivity contribution >= 4 is 22.4 Å². The molecule has 10 heteroatoms. The minimum absolute atomic E-state index is 0.352. The summed E-state index contributed by atoms with van der Waals surface area (Å²) in [5.41, 5.74) is 13.2. The van der Waals surface area contributed by atoms with E-state index in [1.54, 1.807) is 0 Å². The number of ether oxygens (including phenoxy) is 1. The number of aromatic nitrogens is 8. The topological polar surface area (TPSA) is 114 Å². The van der Waals surface area contributed by atoms with Gasteiger partial charge >= 0.3 is 0 Å². The van der Waals surface area contributed by atoms with E-state index in [1.807, 2.05) is 17.0 Å². The Labute approximate surface area is 208 Å². The van der Waals surface area contributed by atoms with E-state index in [2.05, 4.69) is 58.9 Å². The number of nitrogen functional groups attached to an aromatic ring is 1. The van der Waals surface area contributed by atoms with Gasteiger partial charge in [-0.25, -0.2) is 19.2 Å². The number of hydrogen-bond acceptors (Lipinski definition) is 7. The van der Waals surface area contributed by atoms with Crippen LogP contribution in [0.25, 0.3) is 39.1 Å². The molecule has 4 aromatic heterocycles. The van der Waals surface area contributed by atoms with Crippen LogP contribution >= 0.6 is 0 Å². The summed E-state index contributed by atoms with van der Waals surface area (Å²) in [6.07, 6.45) is 13.3. The van der Waals surface area contributed by atoms with Crippen molar-refractivity contribution in [2.45, 2.75) is 57.0 Å². The zero-order chi connectivity index (χ0) is 24.1. The molecule has 1 aliphatic carbocycles. The van der Waals surface area contributed by atoms with Crippen LogP contribution in [0, 0.1) is 0 Å². The van der Waals surface area contributed by atoms with Crippen molar-refractivity contribution < 1.29 is 4.74 Å². The lowest BCUT2D eigenvalue weighted by atomic mass is 9.95. The van der Waals surface area contributed by atoms with Crippen molar-refractivity contribution in [2.75, 3.05) is 18.9 Å². The molecule has 2 fully saturated rings. The third-order valence-corrected chi connectivity index (χ3v) is 7.81. The highest BCUT2D eigenvalue weighted by molar-refractivity contribution is 5.92. The second-order valence-electron chi connectivity index (χ2n) is 9.90. The molecule has 0 spiro atoms. The van der Waals surface area contributed by atoms with E-state index in [0.29, 0.717) is 17.9 Å². The van der Waals surface area contributed by atoms with Gasteiger partial charge in [0.1, 0.15) is 11.8 Å². The summed E-state index contributed by atoms with van der Waals surface area (Å²) in [6.45, 7) is 1.57. The highest BCUT2D eigenvalue weighted by atomic mass is 16.5. The van der Waals surface area contributed by atoms with Crippen LogP contribution in [0.5, 0.6) is 0 Å². The Kier molecular flexibility index (Phi) is 5.19. The summed E-state index contributed by atoms with van der Waals surface area (Å²) in [5, 5.41) is 13.4. The van der Waals surface area contributed by atoms with Gasteiger partial charge in [0.05, 0.1) is 41.0 Å². The fourth-order valence-corrected chi connectivity index (χ4v) is 5.94. The molecule has 2 aliphatic rings. The van der Waals surface area contributed by atoms with Gasteiger partial charge in [-0.3, -0.25) is 0 Å². The SMILES string of the molecule is Nc1ncnn2c(-c3ccc4ncn(C5CCOCC5)c4c3)cc(-c3cnnn3C3CCCCC3)c12. The highest BCUT2D eigenvalue weighted by Crippen LogP contribution is 2.38. The van der Waals surface area contributed by atoms with Crippen molar-refractivity contribution in [3.63, 3.8) is 0 Å². The Morgan fingerprint density at radius 1 is 0.917 bits per heavy atom. The maximum atomic E-state index is 6.43. The predicted molar refractivity (Wildman–Crippen MR) is 136 cm³/mol. The van der Waals surface area contributed by atoms with Gasteiger partial charge in [0.25, 0.3) is 0 Å². The second kappa shape index (κ2) is 8.70.